The number of benzene rings is 1. The molecule has 7 heteroatoms. The van der Waals surface area contributed by atoms with Gasteiger partial charge in [0.1, 0.15) is 16.7 Å². The van der Waals surface area contributed by atoms with Gasteiger partial charge in [-0.1, -0.05) is 12.1 Å². The van der Waals surface area contributed by atoms with Gasteiger partial charge < -0.3 is 15.6 Å². The van der Waals surface area contributed by atoms with Gasteiger partial charge in [0.05, 0.1) is 7.11 Å². The van der Waals surface area contributed by atoms with Crippen LogP contribution in [0.1, 0.15) is 11.6 Å². The standard InChI is InChI=1S/C10H13NO5S/c1-16-7-5-3-4-6(8(11)10(12)13)9(7)17(2,14)15/h3-5,8H,11H2,1-2H3,(H,12,13). The number of carboxylic acid groups (broad SMARTS) is 1. The second-order valence-corrected chi connectivity index (χ2v) is 5.42. The van der Waals surface area contributed by atoms with Crippen LogP contribution in [0.25, 0.3) is 0 Å². The Hall–Kier alpha value is -1.60. The lowest BCUT2D eigenvalue weighted by molar-refractivity contribution is -0.138. The molecule has 0 fully saturated rings. The Morgan fingerprint density at radius 1 is 1.47 bits per heavy atom. The van der Waals surface area contributed by atoms with E-state index in [9.17, 15) is 13.2 Å². The van der Waals surface area contributed by atoms with Crippen LogP contribution in [0.4, 0.5) is 0 Å². The molecule has 0 saturated carbocycles. The Labute approximate surface area is 98.9 Å². The fourth-order valence-electron chi connectivity index (χ4n) is 1.47. The molecule has 0 amide bonds. The summed E-state index contributed by atoms with van der Waals surface area (Å²) in [5, 5.41) is 8.83. The lowest BCUT2D eigenvalue weighted by Crippen LogP contribution is -2.23. The predicted molar refractivity (Wildman–Crippen MR) is 60.7 cm³/mol. The molecule has 6 nitrogen and oxygen atoms in total. The van der Waals surface area contributed by atoms with Crippen LogP contribution in [0.3, 0.4) is 0 Å². The fourth-order valence-corrected chi connectivity index (χ4v) is 2.61. The molecule has 0 spiro atoms. The summed E-state index contributed by atoms with van der Waals surface area (Å²) in [6.07, 6.45) is 0.975. The highest BCUT2D eigenvalue weighted by Crippen LogP contribution is 2.30. The zero-order valence-electron chi connectivity index (χ0n) is 9.38. The molecule has 0 heterocycles. The molecule has 1 rings (SSSR count). The largest absolute Gasteiger partial charge is 0.495 e. The molecular formula is C10H13NO5S. The van der Waals surface area contributed by atoms with Gasteiger partial charge in [0.15, 0.2) is 9.84 Å². The van der Waals surface area contributed by atoms with Gasteiger partial charge in [0.2, 0.25) is 0 Å². The summed E-state index contributed by atoms with van der Waals surface area (Å²) in [5.74, 6) is -1.22. The van der Waals surface area contributed by atoms with Gasteiger partial charge in [-0.3, -0.25) is 4.79 Å². The summed E-state index contributed by atoms with van der Waals surface area (Å²) in [6.45, 7) is 0. The van der Waals surface area contributed by atoms with Crippen LogP contribution in [0.5, 0.6) is 5.75 Å². The number of rotatable bonds is 4. The van der Waals surface area contributed by atoms with E-state index in [0.717, 1.165) is 6.26 Å². The number of methoxy groups -OCH3 is 1. The Balaban J connectivity index is 3.56. The van der Waals surface area contributed by atoms with Gasteiger partial charge in [-0.15, -0.1) is 0 Å². The summed E-state index contributed by atoms with van der Waals surface area (Å²) in [7, 11) is -2.32. The van der Waals surface area contributed by atoms with Crippen LogP contribution in [0.15, 0.2) is 23.1 Å². The first-order chi connectivity index (χ1) is 7.79. The van der Waals surface area contributed by atoms with Gasteiger partial charge in [0, 0.05) is 11.8 Å². The minimum Gasteiger partial charge on any atom is -0.495 e. The second-order valence-electron chi connectivity index (χ2n) is 3.47. The van der Waals surface area contributed by atoms with Crippen LogP contribution in [-0.4, -0.2) is 32.9 Å². The van der Waals surface area contributed by atoms with E-state index in [1.54, 1.807) is 0 Å². The first kappa shape index (κ1) is 13.5. The Morgan fingerprint density at radius 3 is 2.47 bits per heavy atom. The van der Waals surface area contributed by atoms with Crippen molar-refractivity contribution >= 4 is 15.8 Å². The first-order valence-electron chi connectivity index (χ1n) is 4.64. The van der Waals surface area contributed by atoms with Crippen LogP contribution < -0.4 is 10.5 Å². The maximum Gasteiger partial charge on any atom is 0.325 e. The number of aliphatic carboxylic acids is 1. The van der Waals surface area contributed by atoms with Crippen LogP contribution in [-0.2, 0) is 14.6 Å². The molecule has 0 aliphatic rings. The monoisotopic (exact) mass is 259 g/mol. The van der Waals surface area contributed by atoms with E-state index in [0.29, 0.717) is 0 Å². The highest BCUT2D eigenvalue weighted by atomic mass is 32.2. The third-order valence-corrected chi connectivity index (χ3v) is 3.38. The minimum absolute atomic E-state index is 0.0133. The predicted octanol–water partition coefficient (Wildman–Crippen LogP) is 0.183. The highest BCUT2D eigenvalue weighted by molar-refractivity contribution is 7.90. The fraction of sp³-hybridized carbons (Fsp3) is 0.300. The number of carboxylic acids is 1. The summed E-state index contributed by atoms with van der Waals surface area (Å²) in [4.78, 5) is 10.6. The third-order valence-electron chi connectivity index (χ3n) is 2.20. The summed E-state index contributed by atoms with van der Waals surface area (Å²) >= 11 is 0. The average molecular weight is 259 g/mol. The zero-order chi connectivity index (χ0) is 13.2. The van der Waals surface area contributed by atoms with E-state index >= 15 is 0 Å². The lowest BCUT2D eigenvalue weighted by atomic mass is 10.1. The Kier molecular flexibility index (Phi) is 3.74. The van der Waals surface area contributed by atoms with Gasteiger partial charge in [0.25, 0.3) is 0 Å². The highest BCUT2D eigenvalue weighted by Gasteiger charge is 2.26. The van der Waals surface area contributed by atoms with Crippen LogP contribution in [0, 0.1) is 0 Å². The minimum atomic E-state index is -3.62. The van der Waals surface area contributed by atoms with Crippen molar-refractivity contribution in [2.75, 3.05) is 13.4 Å². The molecule has 94 valence electrons. The molecule has 1 aromatic carbocycles. The molecule has 17 heavy (non-hydrogen) atoms. The molecule has 1 aromatic rings. The van der Waals surface area contributed by atoms with Gasteiger partial charge in [-0.25, -0.2) is 8.42 Å². The Morgan fingerprint density at radius 2 is 2.06 bits per heavy atom. The normalized spacial score (nSPS) is 13.1. The molecule has 0 aromatic heterocycles. The maximum absolute atomic E-state index is 11.6. The average Bonchev–Trinajstić information content (AvgIpc) is 2.25. The van der Waals surface area contributed by atoms with Gasteiger partial charge >= 0.3 is 5.97 Å². The van der Waals surface area contributed by atoms with E-state index in [4.69, 9.17) is 15.6 Å². The van der Waals surface area contributed by atoms with Crippen molar-refractivity contribution in [3.05, 3.63) is 23.8 Å². The molecule has 0 aliphatic carbocycles. The van der Waals surface area contributed by atoms with E-state index < -0.39 is 21.8 Å². The smallest absolute Gasteiger partial charge is 0.325 e. The molecule has 1 unspecified atom stereocenters. The SMILES string of the molecule is COc1cccc(C(N)C(=O)O)c1S(C)(=O)=O. The first-order valence-corrected chi connectivity index (χ1v) is 6.53. The third kappa shape index (κ3) is 2.75. The molecular weight excluding hydrogens is 246 g/mol. The van der Waals surface area contributed by atoms with Crippen molar-refractivity contribution in [3.63, 3.8) is 0 Å². The number of carbonyl (C=O) groups is 1. The molecule has 1 atom stereocenters. The maximum atomic E-state index is 11.6. The zero-order valence-corrected chi connectivity index (χ0v) is 10.2. The van der Waals surface area contributed by atoms with Crippen LogP contribution in [0.2, 0.25) is 0 Å². The summed E-state index contributed by atoms with van der Waals surface area (Å²) in [6, 6.07) is 2.88. The second kappa shape index (κ2) is 4.72. The summed E-state index contributed by atoms with van der Waals surface area (Å²) in [5.41, 5.74) is 5.45. The summed E-state index contributed by atoms with van der Waals surface area (Å²) < 4.78 is 28.2. The van der Waals surface area contributed by atoms with Crippen molar-refractivity contribution in [1.82, 2.24) is 0 Å². The molecule has 0 aliphatic heterocycles. The molecule has 3 N–H and O–H groups in total. The van der Waals surface area contributed by atoms with E-state index in [-0.39, 0.29) is 16.2 Å². The van der Waals surface area contributed by atoms with E-state index in [1.165, 1.54) is 25.3 Å². The number of nitrogens with two attached hydrogens (primary N) is 1. The van der Waals surface area contributed by atoms with Gasteiger partial charge in [-0.2, -0.15) is 0 Å². The topological polar surface area (TPSA) is 107 Å². The number of hydrogen-bond donors (Lipinski definition) is 2. The molecule has 0 bridgehead atoms. The van der Waals surface area contributed by atoms with Crippen molar-refractivity contribution in [2.45, 2.75) is 10.9 Å². The Bertz CT molecular complexity index is 538. The number of ether oxygens (including phenoxy) is 1. The van der Waals surface area contributed by atoms with E-state index in [1.807, 2.05) is 0 Å². The van der Waals surface area contributed by atoms with Crippen molar-refractivity contribution in [2.24, 2.45) is 5.73 Å². The van der Waals surface area contributed by atoms with Crippen molar-refractivity contribution in [1.29, 1.82) is 0 Å². The molecule has 0 radical (unpaired) electrons. The van der Waals surface area contributed by atoms with Gasteiger partial charge in [-0.05, 0) is 6.07 Å². The number of sulfone groups is 1. The number of hydrogen-bond acceptors (Lipinski definition) is 5. The van der Waals surface area contributed by atoms with Crippen molar-refractivity contribution in [3.8, 4) is 5.75 Å². The van der Waals surface area contributed by atoms with Crippen LogP contribution >= 0.6 is 0 Å². The van der Waals surface area contributed by atoms with Crippen molar-refractivity contribution < 1.29 is 23.1 Å². The van der Waals surface area contributed by atoms with E-state index in [2.05, 4.69) is 0 Å². The molecule has 0 saturated heterocycles. The quantitative estimate of drug-likeness (QED) is 0.799. The lowest BCUT2D eigenvalue weighted by Gasteiger charge is -2.14.